The molecule has 11 nitrogen and oxygen atoms in total. The molecule has 1 saturated heterocycles. The number of rotatable bonds is 5. The molecule has 0 radical (unpaired) electrons. The van der Waals surface area contributed by atoms with Crippen molar-refractivity contribution in [2.75, 3.05) is 19.0 Å². The van der Waals surface area contributed by atoms with Crippen LogP contribution in [0, 0.1) is 0 Å². The van der Waals surface area contributed by atoms with Crippen molar-refractivity contribution in [3.05, 3.63) is 42.5 Å². The molecule has 4 N–H and O–H groups in total. The minimum absolute atomic E-state index is 0.182. The molecular weight excluding hydrogens is 382 g/mol. The van der Waals surface area contributed by atoms with Crippen molar-refractivity contribution in [3.63, 3.8) is 0 Å². The molecule has 1 amide bonds. The maximum atomic E-state index is 12.5. The summed E-state index contributed by atoms with van der Waals surface area (Å²) in [5.41, 5.74) is 0.979. The lowest BCUT2D eigenvalue weighted by Crippen LogP contribution is -2.33. The summed E-state index contributed by atoms with van der Waals surface area (Å²) in [5, 5.41) is 32.2. The van der Waals surface area contributed by atoms with Crippen molar-refractivity contribution in [2.45, 2.75) is 24.5 Å². The standard InChI is InChI=1S/C18H19N5O6/c1-28-10-4-2-9(3-5-10)17(27)22-15-12-16(20-7-19-15)23(8-21-12)18-14(26)13(25)11(6-24)29-18/h2-5,7-8,11,13-14,18,24-26H,6H2,1H3,(H,19,20,22,27)/t11-,13-,14-,18-/m1/s1. The van der Waals surface area contributed by atoms with Gasteiger partial charge in [0, 0.05) is 5.56 Å². The van der Waals surface area contributed by atoms with Gasteiger partial charge in [-0.15, -0.1) is 0 Å². The van der Waals surface area contributed by atoms with E-state index in [0.29, 0.717) is 17.0 Å². The fourth-order valence-corrected chi connectivity index (χ4v) is 3.16. The van der Waals surface area contributed by atoms with Crippen molar-refractivity contribution in [1.82, 2.24) is 19.5 Å². The molecule has 1 aliphatic heterocycles. The Hall–Kier alpha value is -3.12. The summed E-state index contributed by atoms with van der Waals surface area (Å²) in [5.74, 6) is 0.416. The normalized spacial score (nSPS) is 24.0. The molecule has 11 heteroatoms. The second-order valence-corrected chi connectivity index (χ2v) is 6.46. The Kier molecular flexibility index (Phi) is 5.11. The molecule has 3 heterocycles. The van der Waals surface area contributed by atoms with Crippen molar-refractivity contribution in [3.8, 4) is 5.75 Å². The van der Waals surface area contributed by atoms with E-state index in [2.05, 4.69) is 20.3 Å². The van der Waals surface area contributed by atoms with Crippen molar-refractivity contribution in [2.24, 2.45) is 0 Å². The molecule has 0 aliphatic carbocycles. The zero-order valence-corrected chi connectivity index (χ0v) is 15.3. The number of nitrogens with one attached hydrogen (secondary N) is 1. The monoisotopic (exact) mass is 401 g/mol. The first kappa shape index (κ1) is 19.2. The quantitative estimate of drug-likeness (QED) is 0.451. The van der Waals surface area contributed by atoms with Crippen LogP contribution in [0.1, 0.15) is 16.6 Å². The van der Waals surface area contributed by atoms with E-state index in [-0.39, 0.29) is 11.3 Å². The number of aliphatic hydroxyl groups excluding tert-OH is 3. The van der Waals surface area contributed by atoms with Crippen LogP contribution in [0.15, 0.2) is 36.9 Å². The number of methoxy groups -OCH3 is 1. The lowest BCUT2D eigenvalue weighted by Gasteiger charge is -2.16. The number of ether oxygens (including phenoxy) is 2. The summed E-state index contributed by atoms with van der Waals surface area (Å²) in [6, 6.07) is 6.57. The number of hydrogen-bond donors (Lipinski definition) is 4. The van der Waals surface area contributed by atoms with Crippen LogP contribution in [0.4, 0.5) is 5.82 Å². The van der Waals surface area contributed by atoms with Crippen LogP contribution < -0.4 is 10.1 Å². The maximum absolute atomic E-state index is 12.5. The van der Waals surface area contributed by atoms with E-state index >= 15 is 0 Å². The molecule has 4 rings (SSSR count). The number of aliphatic hydroxyl groups is 3. The molecule has 152 valence electrons. The fourth-order valence-electron chi connectivity index (χ4n) is 3.16. The molecule has 1 aliphatic rings. The van der Waals surface area contributed by atoms with Gasteiger partial charge in [-0.05, 0) is 24.3 Å². The van der Waals surface area contributed by atoms with E-state index < -0.39 is 37.1 Å². The van der Waals surface area contributed by atoms with Crippen molar-refractivity contribution < 1.29 is 29.6 Å². The summed E-state index contributed by atoms with van der Waals surface area (Å²) in [6.07, 6.45) is -1.85. The lowest BCUT2D eigenvalue weighted by atomic mass is 10.1. The fraction of sp³-hybridized carbons (Fsp3) is 0.333. The number of carbonyl (C=O) groups is 1. The number of carbonyl (C=O) groups excluding carboxylic acids is 1. The van der Waals surface area contributed by atoms with Gasteiger partial charge in [-0.3, -0.25) is 9.36 Å². The Morgan fingerprint density at radius 1 is 1.21 bits per heavy atom. The van der Waals surface area contributed by atoms with Crippen LogP contribution in [0.2, 0.25) is 0 Å². The molecule has 1 fully saturated rings. The van der Waals surface area contributed by atoms with E-state index in [1.54, 1.807) is 24.3 Å². The van der Waals surface area contributed by atoms with Gasteiger partial charge in [0.05, 0.1) is 20.0 Å². The number of fused-ring (bicyclic) bond motifs is 1. The van der Waals surface area contributed by atoms with Crippen LogP contribution >= 0.6 is 0 Å². The van der Waals surface area contributed by atoms with Gasteiger partial charge in [-0.25, -0.2) is 15.0 Å². The predicted octanol–water partition coefficient (Wildman–Crippen LogP) is -0.301. The number of anilines is 1. The third-order valence-electron chi connectivity index (χ3n) is 4.73. The van der Waals surface area contributed by atoms with Crippen LogP contribution in [0.3, 0.4) is 0 Å². The highest BCUT2D eigenvalue weighted by atomic mass is 16.6. The predicted molar refractivity (Wildman–Crippen MR) is 99.3 cm³/mol. The van der Waals surface area contributed by atoms with Gasteiger partial charge in [-0.1, -0.05) is 0 Å². The summed E-state index contributed by atoms with van der Waals surface area (Å²) < 4.78 is 12.0. The second kappa shape index (κ2) is 7.72. The zero-order chi connectivity index (χ0) is 20.5. The van der Waals surface area contributed by atoms with Crippen LogP contribution in [-0.2, 0) is 4.74 Å². The summed E-state index contributed by atoms with van der Waals surface area (Å²) in [7, 11) is 1.54. The van der Waals surface area contributed by atoms with Crippen LogP contribution in [0.5, 0.6) is 5.75 Å². The van der Waals surface area contributed by atoms with Gasteiger partial charge >= 0.3 is 0 Å². The molecule has 29 heavy (non-hydrogen) atoms. The Labute approximate surface area is 164 Å². The zero-order valence-electron chi connectivity index (χ0n) is 15.3. The highest BCUT2D eigenvalue weighted by Crippen LogP contribution is 2.32. The van der Waals surface area contributed by atoms with Crippen molar-refractivity contribution >= 4 is 22.9 Å². The first-order valence-corrected chi connectivity index (χ1v) is 8.79. The summed E-state index contributed by atoms with van der Waals surface area (Å²) in [4.78, 5) is 25.0. The van der Waals surface area contributed by atoms with E-state index in [1.165, 1.54) is 24.3 Å². The number of amides is 1. The molecule has 1 aromatic carbocycles. The van der Waals surface area contributed by atoms with E-state index in [9.17, 15) is 20.1 Å². The molecular formula is C18H19N5O6. The number of imidazole rings is 1. The smallest absolute Gasteiger partial charge is 0.256 e. The SMILES string of the molecule is COc1ccc(C(=O)Nc2ncnc3c2ncn3[C@@H]2O[C@H](CO)[C@@H](O)[C@H]2O)cc1. The highest BCUT2D eigenvalue weighted by molar-refractivity contribution is 6.06. The van der Waals surface area contributed by atoms with Crippen LogP contribution in [0.25, 0.3) is 11.2 Å². The summed E-state index contributed by atoms with van der Waals surface area (Å²) >= 11 is 0. The van der Waals surface area contributed by atoms with Gasteiger partial charge in [0.1, 0.15) is 30.4 Å². The molecule has 2 aromatic heterocycles. The topological polar surface area (TPSA) is 152 Å². The van der Waals surface area contributed by atoms with Crippen molar-refractivity contribution in [1.29, 1.82) is 0 Å². The first-order valence-electron chi connectivity index (χ1n) is 8.79. The Bertz CT molecular complexity index is 1020. The van der Waals surface area contributed by atoms with E-state index in [1.807, 2.05) is 0 Å². The Morgan fingerprint density at radius 3 is 2.62 bits per heavy atom. The molecule has 0 spiro atoms. The van der Waals surface area contributed by atoms with Gasteiger partial charge in [0.25, 0.3) is 5.91 Å². The Balaban J connectivity index is 1.61. The first-order chi connectivity index (χ1) is 14.0. The van der Waals surface area contributed by atoms with Crippen LogP contribution in [-0.4, -0.2) is 72.8 Å². The number of aromatic nitrogens is 4. The third-order valence-corrected chi connectivity index (χ3v) is 4.73. The number of hydrogen-bond acceptors (Lipinski definition) is 9. The largest absolute Gasteiger partial charge is 0.497 e. The average Bonchev–Trinajstić information content (AvgIpc) is 3.30. The minimum atomic E-state index is -1.28. The average molecular weight is 401 g/mol. The molecule has 0 bridgehead atoms. The molecule has 0 saturated carbocycles. The molecule has 3 aromatic rings. The van der Waals surface area contributed by atoms with E-state index in [0.717, 1.165) is 0 Å². The Morgan fingerprint density at radius 2 is 1.97 bits per heavy atom. The third kappa shape index (κ3) is 3.40. The lowest BCUT2D eigenvalue weighted by molar-refractivity contribution is -0.0511. The number of benzene rings is 1. The highest BCUT2D eigenvalue weighted by Gasteiger charge is 2.44. The van der Waals surface area contributed by atoms with Gasteiger partial charge < -0.3 is 30.1 Å². The molecule has 4 atom stereocenters. The molecule has 0 unspecified atom stereocenters. The van der Waals surface area contributed by atoms with Gasteiger partial charge in [0.2, 0.25) is 0 Å². The van der Waals surface area contributed by atoms with Gasteiger partial charge in [-0.2, -0.15) is 0 Å². The van der Waals surface area contributed by atoms with Gasteiger partial charge in [0.15, 0.2) is 23.2 Å². The second-order valence-electron chi connectivity index (χ2n) is 6.46. The van der Waals surface area contributed by atoms with E-state index in [4.69, 9.17) is 9.47 Å². The number of nitrogens with zero attached hydrogens (tertiary/aromatic N) is 4. The maximum Gasteiger partial charge on any atom is 0.256 e. The summed E-state index contributed by atoms with van der Waals surface area (Å²) in [6.45, 7) is -0.445. The minimum Gasteiger partial charge on any atom is -0.497 e.